The van der Waals surface area contributed by atoms with Gasteiger partial charge in [-0.05, 0) is 55.2 Å². The first-order valence-corrected chi connectivity index (χ1v) is 7.77. The molecular weight excluding hydrogens is 296 g/mol. The van der Waals surface area contributed by atoms with E-state index >= 15 is 0 Å². The van der Waals surface area contributed by atoms with Gasteiger partial charge in [-0.25, -0.2) is 4.79 Å². The maximum absolute atomic E-state index is 12.2. The fourth-order valence-corrected chi connectivity index (χ4v) is 2.48. The molecule has 0 spiro atoms. The molecule has 0 bridgehead atoms. The van der Waals surface area contributed by atoms with Crippen LogP contribution in [0, 0.1) is 13.8 Å². The Labute approximate surface area is 136 Å². The molecule has 0 radical (unpaired) electrons. The number of hydrogen-bond donors (Lipinski definition) is 2. The van der Waals surface area contributed by atoms with E-state index in [2.05, 4.69) is 49.6 Å². The minimum atomic E-state index is -0.229. The van der Waals surface area contributed by atoms with Gasteiger partial charge in [0, 0.05) is 10.7 Å². The fraction of sp³-hybridized carbons (Fsp3) is 0.278. The lowest BCUT2D eigenvalue weighted by atomic mass is 9.99. The second-order valence-corrected chi connectivity index (χ2v) is 5.85. The highest BCUT2D eigenvalue weighted by atomic mass is 35.5. The molecule has 116 valence electrons. The average Bonchev–Trinajstić information content (AvgIpc) is 2.48. The van der Waals surface area contributed by atoms with Crippen LogP contribution in [0.2, 0.25) is 5.02 Å². The van der Waals surface area contributed by atoms with Gasteiger partial charge < -0.3 is 10.6 Å². The monoisotopic (exact) mass is 316 g/mol. The highest BCUT2D eigenvalue weighted by Crippen LogP contribution is 2.20. The minimum absolute atomic E-state index is 0.0153. The molecule has 0 aromatic heterocycles. The Morgan fingerprint density at radius 3 is 2.55 bits per heavy atom. The number of anilines is 1. The molecule has 2 aromatic rings. The van der Waals surface area contributed by atoms with Crippen molar-refractivity contribution in [1.82, 2.24) is 5.32 Å². The van der Waals surface area contributed by atoms with Crippen molar-refractivity contribution in [2.24, 2.45) is 0 Å². The van der Waals surface area contributed by atoms with Crippen molar-refractivity contribution in [3.63, 3.8) is 0 Å². The van der Waals surface area contributed by atoms with Crippen molar-refractivity contribution in [2.45, 2.75) is 33.2 Å². The number of benzene rings is 2. The second kappa shape index (κ2) is 7.32. The summed E-state index contributed by atoms with van der Waals surface area (Å²) in [6.45, 7) is 6.22. The molecule has 0 aliphatic carbocycles. The van der Waals surface area contributed by atoms with Crippen molar-refractivity contribution < 1.29 is 4.79 Å². The van der Waals surface area contributed by atoms with Gasteiger partial charge in [-0.3, -0.25) is 0 Å². The summed E-state index contributed by atoms with van der Waals surface area (Å²) >= 11 is 5.92. The van der Waals surface area contributed by atoms with Gasteiger partial charge in [0.05, 0.1) is 6.04 Å². The highest BCUT2D eigenvalue weighted by molar-refractivity contribution is 6.30. The van der Waals surface area contributed by atoms with Gasteiger partial charge in [-0.1, -0.05) is 42.8 Å². The van der Waals surface area contributed by atoms with Gasteiger partial charge >= 0.3 is 6.03 Å². The van der Waals surface area contributed by atoms with Crippen LogP contribution in [0.1, 0.15) is 36.1 Å². The van der Waals surface area contributed by atoms with Gasteiger partial charge in [-0.15, -0.1) is 0 Å². The molecule has 1 atom stereocenters. The first-order valence-electron chi connectivity index (χ1n) is 7.40. The van der Waals surface area contributed by atoms with E-state index in [1.165, 1.54) is 11.1 Å². The molecule has 4 heteroatoms. The molecule has 2 amide bonds. The number of aryl methyl sites for hydroxylation is 2. The fourth-order valence-electron chi connectivity index (χ4n) is 2.29. The molecule has 0 heterocycles. The zero-order valence-electron chi connectivity index (χ0n) is 13.1. The molecule has 0 aliphatic heterocycles. The van der Waals surface area contributed by atoms with Gasteiger partial charge in [0.15, 0.2) is 0 Å². The standard InChI is InChI=1S/C18H21ClN2O/c1-4-17(14-9-8-12(2)13(3)10-14)21-18(22)20-16-7-5-6-15(19)11-16/h5-11,17H,4H2,1-3H3,(H2,20,21,22)/t17-/m1/s1. The molecule has 22 heavy (non-hydrogen) atoms. The molecule has 2 N–H and O–H groups in total. The van der Waals surface area contributed by atoms with Crippen LogP contribution >= 0.6 is 11.6 Å². The van der Waals surface area contributed by atoms with E-state index in [0.717, 1.165) is 12.0 Å². The Kier molecular flexibility index (Phi) is 5.45. The van der Waals surface area contributed by atoms with Crippen molar-refractivity contribution in [1.29, 1.82) is 0 Å². The van der Waals surface area contributed by atoms with Crippen molar-refractivity contribution >= 4 is 23.3 Å². The van der Waals surface area contributed by atoms with Crippen LogP contribution < -0.4 is 10.6 Å². The summed E-state index contributed by atoms with van der Waals surface area (Å²) in [5.41, 5.74) is 4.28. The van der Waals surface area contributed by atoms with Gasteiger partial charge in [0.25, 0.3) is 0 Å². The summed E-state index contributed by atoms with van der Waals surface area (Å²) in [6, 6.07) is 13.1. The van der Waals surface area contributed by atoms with E-state index < -0.39 is 0 Å². The van der Waals surface area contributed by atoms with Crippen molar-refractivity contribution in [3.8, 4) is 0 Å². The molecule has 0 saturated heterocycles. The Balaban J connectivity index is 2.06. The van der Waals surface area contributed by atoms with Gasteiger partial charge in [0.1, 0.15) is 0 Å². The first-order chi connectivity index (χ1) is 10.5. The molecule has 0 unspecified atom stereocenters. The van der Waals surface area contributed by atoms with Crippen LogP contribution in [0.15, 0.2) is 42.5 Å². The third-order valence-corrected chi connectivity index (χ3v) is 3.96. The normalized spacial score (nSPS) is 11.8. The second-order valence-electron chi connectivity index (χ2n) is 5.41. The van der Waals surface area contributed by atoms with Crippen LogP contribution in [0.5, 0.6) is 0 Å². The smallest absolute Gasteiger partial charge is 0.319 e. The van der Waals surface area contributed by atoms with Crippen LogP contribution in [-0.4, -0.2) is 6.03 Å². The number of amides is 2. The van der Waals surface area contributed by atoms with Gasteiger partial charge in [0.2, 0.25) is 0 Å². The maximum atomic E-state index is 12.2. The zero-order valence-corrected chi connectivity index (χ0v) is 13.9. The van der Waals surface area contributed by atoms with Crippen LogP contribution in [0.25, 0.3) is 0 Å². The summed E-state index contributed by atoms with van der Waals surface area (Å²) in [5.74, 6) is 0. The van der Waals surface area contributed by atoms with E-state index in [1.54, 1.807) is 18.2 Å². The molecule has 0 aliphatic rings. The summed E-state index contributed by atoms with van der Waals surface area (Å²) < 4.78 is 0. The van der Waals surface area contributed by atoms with Crippen molar-refractivity contribution in [3.05, 3.63) is 64.2 Å². The lowest BCUT2D eigenvalue weighted by Gasteiger charge is -2.19. The molecular formula is C18H21ClN2O. The lowest BCUT2D eigenvalue weighted by molar-refractivity contribution is 0.248. The van der Waals surface area contributed by atoms with E-state index in [0.29, 0.717) is 10.7 Å². The Morgan fingerprint density at radius 2 is 1.91 bits per heavy atom. The largest absolute Gasteiger partial charge is 0.331 e. The molecule has 2 aromatic carbocycles. The third kappa shape index (κ3) is 4.25. The number of halogens is 1. The summed E-state index contributed by atoms with van der Waals surface area (Å²) in [4.78, 5) is 12.2. The predicted octanol–water partition coefficient (Wildman–Crippen LogP) is 5.23. The maximum Gasteiger partial charge on any atom is 0.319 e. The van der Waals surface area contributed by atoms with Crippen LogP contribution in [0.3, 0.4) is 0 Å². The molecule has 3 nitrogen and oxygen atoms in total. The summed E-state index contributed by atoms with van der Waals surface area (Å²) in [7, 11) is 0. The number of nitrogens with one attached hydrogen (secondary N) is 2. The summed E-state index contributed by atoms with van der Waals surface area (Å²) in [6.07, 6.45) is 0.825. The topological polar surface area (TPSA) is 41.1 Å². The van der Waals surface area contributed by atoms with E-state index in [9.17, 15) is 4.79 Å². The first kappa shape index (κ1) is 16.4. The number of urea groups is 1. The lowest BCUT2D eigenvalue weighted by Crippen LogP contribution is -2.32. The number of carbonyl (C=O) groups is 1. The van der Waals surface area contributed by atoms with E-state index in [-0.39, 0.29) is 12.1 Å². The number of carbonyl (C=O) groups excluding carboxylic acids is 1. The molecule has 0 fully saturated rings. The number of hydrogen-bond acceptors (Lipinski definition) is 1. The van der Waals surface area contributed by atoms with E-state index in [1.807, 2.05) is 6.07 Å². The molecule has 0 saturated carbocycles. The predicted molar refractivity (Wildman–Crippen MR) is 92.6 cm³/mol. The Morgan fingerprint density at radius 1 is 1.14 bits per heavy atom. The Bertz CT molecular complexity index is 670. The van der Waals surface area contributed by atoms with Crippen LogP contribution in [0.4, 0.5) is 10.5 Å². The van der Waals surface area contributed by atoms with Gasteiger partial charge in [-0.2, -0.15) is 0 Å². The Hall–Kier alpha value is -2.00. The molecule has 2 rings (SSSR count). The quantitative estimate of drug-likeness (QED) is 0.796. The average molecular weight is 317 g/mol. The minimum Gasteiger partial charge on any atom is -0.331 e. The summed E-state index contributed by atoms with van der Waals surface area (Å²) in [5, 5.41) is 6.41. The third-order valence-electron chi connectivity index (χ3n) is 3.73. The van der Waals surface area contributed by atoms with Crippen molar-refractivity contribution in [2.75, 3.05) is 5.32 Å². The SMILES string of the molecule is CC[C@@H](NC(=O)Nc1cccc(Cl)c1)c1ccc(C)c(C)c1. The highest BCUT2D eigenvalue weighted by Gasteiger charge is 2.13. The number of rotatable bonds is 4. The van der Waals surface area contributed by atoms with E-state index in [4.69, 9.17) is 11.6 Å². The zero-order chi connectivity index (χ0) is 16.1. The van der Waals surface area contributed by atoms with Crippen LogP contribution in [-0.2, 0) is 0 Å².